The van der Waals surface area contributed by atoms with Crippen molar-refractivity contribution in [1.82, 2.24) is 9.88 Å². The largest absolute Gasteiger partial charge is 0.489 e. The van der Waals surface area contributed by atoms with E-state index in [2.05, 4.69) is 16.9 Å². The van der Waals surface area contributed by atoms with E-state index in [-0.39, 0.29) is 12.0 Å². The lowest BCUT2D eigenvalue weighted by Crippen LogP contribution is -2.23. The number of carbonyl (C=O) groups excluding carboxylic acids is 1. The fourth-order valence-corrected chi connectivity index (χ4v) is 4.27. The van der Waals surface area contributed by atoms with Gasteiger partial charge in [0.1, 0.15) is 5.75 Å². The first kappa shape index (κ1) is 21.4. The molecule has 5 nitrogen and oxygen atoms in total. The number of pyridine rings is 1. The number of aromatic nitrogens is 1. The number of ether oxygens (including phenoxy) is 1. The van der Waals surface area contributed by atoms with Gasteiger partial charge >= 0.3 is 0 Å². The van der Waals surface area contributed by atoms with Crippen LogP contribution in [0.2, 0.25) is 5.02 Å². The quantitative estimate of drug-likeness (QED) is 0.427. The summed E-state index contributed by atoms with van der Waals surface area (Å²) in [6, 6.07) is 15.2. The summed E-state index contributed by atoms with van der Waals surface area (Å²) in [7, 11) is 1.73. The van der Waals surface area contributed by atoms with E-state index in [9.17, 15) is 4.79 Å². The van der Waals surface area contributed by atoms with Gasteiger partial charge in [0.15, 0.2) is 5.17 Å². The molecule has 1 aliphatic heterocycles. The Morgan fingerprint density at radius 3 is 2.87 bits per heavy atom. The van der Waals surface area contributed by atoms with Crippen LogP contribution in [0, 0.1) is 0 Å². The van der Waals surface area contributed by atoms with E-state index >= 15 is 0 Å². The highest BCUT2D eigenvalue weighted by Crippen LogP contribution is 2.35. The maximum absolute atomic E-state index is 12.7. The molecule has 2 aromatic carbocycles. The smallest absolute Gasteiger partial charge is 0.266 e. The zero-order valence-corrected chi connectivity index (χ0v) is 19.1. The summed E-state index contributed by atoms with van der Waals surface area (Å²) in [5.41, 5.74) is 2.52. The van der Waals surface area contributed by atoms with Gasteiger partial charge in [-0.05, 0) is 73.1 Å². The molecule has 0 spiro atoms. The van der Waals surface area contributed by atoms with Gasteiger partial charge < -0.3 is 4.74 Å². The monoisotopic (exact) mass is 451 g/mol. The van der Waals surface area contributed by atoms with Crippen molar-refractivity contribution >= 4 is 57.1 Å². The van der Waals surface area contributed by atoms with E-state index in [1.54, 1.807) is 18.1 Å². The minimum Gasteiger partial charge on any atom is -0.489 e. The van der Waals surface area contributed by atoms with E-state index in [1.165, 1.54) is 11.8 Å². The van der Waals surface area contributed by atoms with E-state index in [0.717, 1.165) is 28.6 Å². The second kappa shape index (κ2) is 9.12. The molecule has 3 aromatic rings. The Kier molecular flexibility index (Phi) is 6.30. The molecule has 0 aliphatic carbocycles. The summed E-state index contributed by atoms with van der Waals surface area (Å²) in [5, 5.41) is 2.16. The number of hydrogen-bond donors (Lipinski definition) is 0. The van der Waals surface area contributed by atoms with Crippen molar-refractivity contribution in [3.63, 3.8) is 0 Å². The fraction of sp³-hybridized carbons (Fsp3) is 0.208. The Labute approximate surface area is 190 Å². The van der Waals surface area contributed by atoms with Gasteiger partial charge in [0.2, 0.25) is 0 Å². The third-order valence-electron chi connectivity index (χ3n) is 4.97. The lowest BCUT2D eigenvalue weighted by atomic mass is 10.2. The summed E-state index contributed by atoms with van der Waals surface area (Å²) in [6.45, 7) is 4.06. The molecule has 158 valence electrons. The molecule has 7 heteroatoms. The van der Waals surface area contributed by atoms with Crippen LogP contribution in [0.25, 0.3) is 17.0 Å². The molecule has 2 heterocycles. The van der Waals surface area contributed by atoms with Crippen LogP contribution in [-0.2, 0) is 4.79 Å². The molecule has 0 radical (unpaired) electrons. The van der Waals surface area contributed by atoms with Gasteiger partial charge in [-0.3, -0.25) is 14.7 Å². The molecule has 0 N–H and O–H groups in total. The molecule has 1 aliphatic rings. The van der Waals surface area contributed by atoms with Crippen LogP contribution in [0.1, 0.15) is 25.8 Å². The van der Waals surface area contributed by atoms with Crippen LogP contribution in [0.15, 0.2) is 64.6 Å². The van der Waals surface area contributed by atoms with Crippen LogP contribution in [0.4, 0.5) is 5.69 Å². The number of likely N-dealkylation sites (N-methyl/N-ethyl adjacent to an activating group) is 1. The number of hydrogen-bond acceptors (Lipinski definition) is 5. The molecule has 1 fully saturated rings. The number of carbonyl (C=O) groups is 1. The Morgan fingerprint density at radius 1 is 1.26 bits per heavy atom. The molecule has 31 heavy (non-hydrogen) atoms. The summed E-state index contributed by atoms with van der Waals surface area (Å²) >= 11 is 7.72. The van der Waals surface area contributed by atoms with Crippen molar-refractivity contribution in [2.75, 3.05) is 7.05 Å². The van der Waals surface area contributed by atoms with Crippen LogP contribution in [0.3, 0.4) is 0 Å². The van der Waals surface area contributed by atoms with Crippen LogP contribution >= 0.6 is 23.4 Å². The predicted octanol–water partition coefficient (Wildman–Crippen LogP) is 6.30. The third kappa shape index (κ3) is 4.75. The Bertz CT molecular complexity index is 1210. The van der Waals surface area contributed by atoms with Crippen molar-refractivity contribution in [3.05, 3.63) is 70.2 Å². The van der Waals surface area contributed by atoms with Gasteiger partial charge in [-0.25, -0.2) is 4.99 Å². The molecule has 0 unspecified atom stereocenters. The van der Waals surface area contributed by atoms with Crippen LogP contribution in [0.5, 0.6) is 5.75 Å². The number of amidine groups is 1. The predicted molar refractivity (Wildman–Crippen MR) is 129 cm³/mol. The molecule has 1 amide bonds. The number of fused-ring (bicyclic) bond motifs is 1. The molecule has 0 bridgehead atoms. The highest BCUT2D eigenvalue weighted by atomic mass is 35.5. The number of nitrogens with zero attached hydrogens (tertiary/aromatic N) is 3. The summed E-state index contributed by atoms with van der Waals surface area (Å²) < 4.78 is 5.81. The first-order chi connectivity index (χ1) is 14.9. The highest BCUT2D eigenvalue weighted by Gasteiger charge is 2.30. The molecule has 1 aromatic heterocycles. The maximum atomic E-state index is 12.7. The average molecular weight is 452 g/mol. The lowest BCUT2D eigenvalue weighted by Gasteiger charge is -2.14. The summed E-state index contributed by atoms with van der Waals surface area (Å²) in [4.78, 5) is 23.9. The van der Waals surface area contributed by atoms with E-state index in [4.69, 9.17) is 16.3 Å². The van der Waals surface area contributed by atoms with Crippen LogP contribution in [-0.4, -0.2) is 34.1 Å². The molecule has 1 saturated heterocycles. The molecule has 1 atom stereocenters. The highest BCUT2D eigenvalue weighted by molar-refractivity contribution is 8.18. The number of halogens is 1. The fourth-order valence-electron chi connectivity index (χ4n) is 3.05. The first-order valence-corrected chi connectivity index (χ1v) is 11.2. The van der Waals surface area contributed by atoms with E-state index in [1.807, 2.05) is 61.5 Å². The Balaban J connectivity index is 1.58. The standard InChI is InChI=1S/C24H22ClN3O2S/c1-4-15(2)30-21-10-7-16(12-19(21)25)13-22-23(29)28(3)24(31-22)27-18-8-9-20-17(14-18)6-5-11-26-20/h5-15H,4H2,1-3H3/b22-13-,27-24?/t15-/m1/s1. The average Bonchev–Trinajstić information content (AvgIpc) is 3.03. The zero-order chi connectivity index (χ0) is 22.0. The number of thioether (sulfide) groups is 1. The normalized spacial score (nSPS) is 17.7. The molecule has 0 saturated carbocycles. The second-order valence-corrected chi connectivity index (χ2v) is 8.69. The number of benzene rings is 2. The van der Waals surface area contributed by atoms with Gasteiger partial charge in [-0.1, -0.05) is 30.7 Å². The summed E-state index contributed by atoms with van der Waals surface area (Å²) in [6.07, 6.45) is 4.58. The van der Waals surface area contributed by atoms with Gasteiger partial charge in [0, 0.05) is 18.6 Å². The van der Waals surface area contributed by atoms with Gasteiger partial charge in [-0.15, -0.1) is 0 Å². The second-order valence-electron chi connectivity index (χ2n) is 7.28. The zero-order valence-electron chi connectivity index (χ0n) is 17.5. The molecular formula is C24H22ClN3O2S. The van der Waals surface area contributed by atoms with Crippen molar-refractivity contribution in [3.8, 4) is 5.75 Å². The minimum absolute atomic E-state index is 0.0898. The summed E-state index contributed by atoms with van der Waals surface area (Å²) in [5.74, 6) is 0.552. The van der Waals surface area contributed by atoms with Gasteiger partial charge in [0.25, 0.3) is 5.91 Å². The maximum Gasteiger partial charge on any atom is 0.266 e. The lowest BCUT2D eigenvalue weighted by molar-refractivity contribution is -0.121. The van der Waals surface area contributed by atoms with E-state index < -0.39 is 0 Å². The van der Waals surface area contributed by atoms with Crippen LogP contribution < -0.4 is 4.74 Å². The number of amides is 1. The Morgan fingerprint density at radius 2 is 2.10 bits per heavy atom. The third-order valence-corrected chi connectivity index (χ3v) is 6.33. The van der Waals surface area contributed by atoms with Gasteiger partial charge in [-0.2, -0.15) is 0 Å². The van der Waals surface area contributed by atoms with Crippen molar-refractivity contribution in [2.24, 2.45) is 4.99 Å². The number of rotatable bonds is 5. The first-order valence-electron chi connectivity index (χ1n) is 10.0. The van der Waals surface area contributed by atoms with E-state index in [0.29, 0.717) is 20.8 Å². The molecule has 4 rings (SSSR count). The topological polar surface area (TPSA) is 54.8 Å². The Hall–Kier alpha value is -2.83. The van der Waals surface area contributed by atoms with Crippen molar-refractivity contribution < 1.29 is 9.53 Å². The molecular weight excluding hydrogens is 430 g/mol. The number of aliphatic imine (C=N–C) groups is 1. The SMILES string of the molecule is CC[C@@H](C)Oc1ccc(/C=C2\SC(=Nc3ccc4ncccc4c3)N(C)C2=O)cc1Cl. The minimum atomic E-state index is -0.0951. The van der Waals surface area contributed by atoms with Crippen molar-refractivity contribution in [1.29, 1.82) is 0 Å². The van der Waals surface area contributed by atoms with Gasteiger partial charge in [0.05, 0.1) is 27.2 Å². The van der Waals surface area contributed by atoms with Crippen molar-refractivity contribution in [2.45, 2.75) is 26.4 Å².